The predicted molar refractivity (Wildman–Crippen MR) is 86.0 cm³/mol. The standard InChI is InChI=1S/C15H22ClNO2S/c1-10(2)15(13-7-6-12(5)20-13)17(14(18)8-16)9-19-11(3)4/h6-7,11H,8-9H2,1-5H3. The second kappa shape index (κ2) is 7.81. The van der Waals surface area contributed by atoms with Crippen molar-refractivity contribution in [3.63, 3.8) is 0 Å². The molecule has 1 aromatic heterocycles. The van der Waals surface area contributed by atoms with Gasteiger partial charge < -0.3 is 4.74 Å². The summed E-state index contributed by atoms with van der Waals surface area (Å²) in [4.78, 5) is 16.0. The van der Waals surface area contributed by atoms with Crippen molar-refractivity contribution in [3.8, 4) is 0 Å². The quantitative estimate of drug-likeness (QED) is 0.580. The molecule has 0 aliphatic carbocycles. The number of carbonyl (C=O) groups excluding carboxylic acids is 1. The maximum Gasteiger partial charge on any atom is 0.243 e. The van der Waals surface area contributed by atoms with E-state index in [4.69, 9.17) is 16.3 Å². The zero-order chi connectivity index (χ0) is 15.3. The zero-order valence-electron chi connectivity index (χ0n) is 12.7. The molecule has 0 unspecified atom stereocenters. The molecule has 1 aromatic rings. The summed E-state index contributed by atoms with van der Waals surface area (Å²) in [5.74, 6) is -0.197. The first kappa shape index (κ1) is 17.2. The number of nitrogens with zero attached hydrogens (tertiary/aromatic N) is 1. The molecule has 0 aliphatic heterocycles. The van der Waals surface area contributed by atoms with Gasteiger partial charge in [-0.2, -0.15) is 0 Å². The Kier molecular flexibility index (Phi) is 6.72. The summed E-state index contributed by atoms with van der Waals surface area (Å²) in [5.41, 5.74) is 1.96. The smallest absolute Gasteiger partial charge is 0.243 e. The van der Waals surface area contributed by atoms with E-state index in [-0.39, 0.29) is 24.6 Å². The van der Waals surface area contributed by atoms with E-state index in [1.54, 1.807) is 16.2 Å². The largest absolute Gasteiger partial charge is 0.358 e. The molecule has 0 spiro atoms. The van der Waals surface area contributed by atoms with E-state index >= 15 is 0 Å². The van der Waals surface area contributed by atoms with Crippen molar-refractivity contribution in [2.75, 3.05) is 12.6 Å². The molecule has 0 fully saturated rings. The third kappa shape index (κ3) is 4.62. The molecule has 5 heteroatoms. The molecular formula is C15H22ClNO2S. The predicted octanol–water partition coefficient (Wildman–Crippen LogP) is 4.26. The molecule has 20 heavy (non-hydrogen) atoms. The molecule has 0 saturated heterocycles. The van der Waals surface area contributed by atoms with E-state index in [2.05, 4.69) is 13.0 Å². The Morgan fingerprint density at radius 1 is 1.40 bits per heavy atom. The number of halogens is 1. The zero-order valence-corrected chi connectivity index (χ0v) is 14.3. The Morgan fingerprint density at radius 3 is 2.45 bits per heavy atom. The fraction of sp³-hybridized carbons (Fsp3) is 0.533. The van der Waals surface area contributed by atoms with Gasteiger partial charge in [-0.15, -0.1) is 22.9 Å². The fourth-order valence-electron chi connectivity index (χ4n) is 1.77. The third-order valence-corrected chi connectivity index (χ3v) is 3.91. The van der Waals surface area contributed by atoms with Crippen LogP contribution in [0, 0.1) is 6.92 Å². The number of hydrogen-bond acceptors (Lipinski definition) is 3. The molecule has 0 bridgehead atoms. The first-order valence-corrected chi connectivity index (χ1v) is 7.94. The molecule has 3 nitrogen and oxygen atoms in total. The Hall–Kier alpha value is -0.840. The van der Waals surface area contributed by atoms with Crippen molar-refractivity contribution in [2.45, 2.75) is 40.7 Å². The number of thiophene rings is 1. The van der Waals surface area contributed by atoms with E-state index in [0.717, 1.165) is 16.1 Å². The van der Waals surface area contributed by atoms with Crippen LogP contribution in [0.5, 0.6) is 0 Å². The van der Waals surface area contributed by atoms with Crippen LogP contribution in [-0.4, -0.2) is 29.5 Å². The van der Waals surface area contributed by atoms with Crippen molar-refractivity contribution >= 4 is 34.5 Å². The highest BCUT2D eigenvalue weighted by Crippen LogP contribution is 2.29. The van der Waals surface area contributed by atoms with Crippen LogP contribution < -0.4 is 0 Å². The van der Waals surface area contributed by atoms with Gasteiger partial charge in [0, 0.05) is 4.88 Å². The highest BCUT2D eigenvalue weighted by Gasteiger charge is 2.21. The average Bonchev–Trinajstić information content (AvgIpc) is 2.78. The monoisotopic (exact) mass is 315 g/mol. The first-order valence-electron chi connectivity index (χ1n) is 6.59. The maximum absolute atomic E-state index is 12.1. The number of amides is 1. The lowest BCUT2D eigenvalue weighted by molar-refractivity contribution is -0.130. The number of rotatable bonds is 6. The van der Waals surface area contributed by atoms with E-state index in [1.165, 1.54) is 4.88 Å². The lowest BCUT2D eigenvalue weighted by atomic mass is 10.2. The van der Waals surface area contributed by atoms with Crippen LogP contribution in [0.15, 0.2) is 17.7 Å². The highest BCUT2D eigenvalue weighted by molar-refractivity contribution is 7.13. The number of ether oxygens (including phenoxy) is 1. The van der Waals surface area contributed by atoms with Gasteiger partial charge in [-0.1, -0.05) is 5.57 Å². The summed E-state index contributed by atoms with van der Waals surface area (Å²) >= 11 is 7.40. The summed E-state index contributed by atoms with van der Waals surface area (Å²) in [5, 5.41) is 0. The van der Waals surface area contributed by atoms with Crippen molar-refractivity contribution in [2.24, 2.45) is 0 Å². The molecular weight excluding hydrogens is 294 g/mol. The summed E-state index contributed by atoms with van der Waals surface area (Å²) in [6, 6.07) is 4.09. The molecule has 1 amide bonds. The molecule has 0 aliphatic rings. The SMILES string of the molecule is CC(C)=C(c1ccc(C)s1)N(COC(C)C)C(=O)CCl. The summed E-state index contributed by atoms with van der Waals surface area (Å²) in [6.45, 7) is 10.2. The van der Waals surface area contributed by atoms with Gasteiger partial charge in [0.05, 0.1) is 16.7 Å². The normalized spacial score (nSPS) is 10.8. The third-order valence-electron chi connectivity index (χ3n) is 2.67. The van der Waals surface area contributed by atoms with E-state index in [0.29, 0.717) is 0 Å². The molecule has 0 aromatic carbocycles. The van der Waals surface area contributed by atoms with Gasteiger partial charge in [0.15, 0.2) is 0 Å². The highest BCUT2D eigenvalue weighted by atomic mass is 35.5. The van der Waals surface area contributed by atoms with Crippen LogP contribution in [0.3, 0.4) is 0 Å². The van der Waals surface area contributed by atoms with Crippen molar-refractivity contribution in [1.82, 2.24) is 4.90 Å². The number of alkyl halides is 1. The lowest BCUT2D eigenvalue weighted by Crippen LogP contribution is -2.34. The van der Waals surface area contributed by atoms with Crippen LogP contribution in [-0.2, 0) is 9.53 Å². The van der Waals surface area contributed by atoms with Gasteiger partial charge >= 0.3 is 0 Å². The summed E-state index contributed by atoms with van der Waals surface area (Å²) in [6.07, 6.45) is 0.0594. The minimum Gasteiger partial charge on any atom is -0.358 e. The van der Waals surface area contributed by atoms with E-state index in [9.17, 15) is 4.79 Å². The molecule has 0 radical (unpaired) electrons. The van der Waals surface area contributed by atoms with Gasteiger partial charge in [0.2, 0.25) is 5.91 Å². The minimum absolute atomic E-state index is 0.0530. The Morgan fingerprint density at radius 2 is 2.05 bits per heavy atom. The van der Waals surface area contributed by atoms with Crippen LogP contribution in [0.2, 0.25) is 0 Å². The maximum atomic E-state index is 12.1. The van der Waals surface area contributed by atoms with E-state index < -0.39 is 0 Å². The van der Waals surface area contributed by atoms with Gasteiger partial charge in [0.25, 0.3) is 0 Å². The number of aryl methyl sites for hydroxylation is 1. The topological polar surface area (TPSA) is 29.5 Å². The van der Waals surface area contributed by atoms with Crippen molar-refractivity contribution in [3.05, 3.63) is 27.5 Å². The van der Waals surface area contributed by atoms with Crippen LogP contribution in [0.25, 0.3) is 5.70 Å². The second-order valence-electron chi connectivity index (χ2n) is 5.06. The molecule has 0 saturated carbocycles. The first-order chi connectivity index (χ1) is 9.36. The number of allylic oxidation sites excluding steroid dienone is 1. The average molecular weight is 316 g/mol. The van der Waals surface area contributed by atoms with E-state index in [1.807, 2.05) is 33.8 Å². The summed E-state index contributed by atoms with van der Waals surface area (Å²) < 4.78 is 5.60. The number of carbonyl (C=O) groups is 1. The Balaban J connectivity index is 3.12. The fourth-order valence-corrected chi connectivity index (χ4v) is 2.94. The lowest BCUT2D eigenvalue weighted by Gasteiger charge is -2.26. The van der Waals surface area contributed by atoms with Crippen LogP contribution in [0.1, 0.15) is 37.4 Å². The molecule has 1 rings (SSSR count). The van der Waals surface area contributed by atoms with Crippen molar-refractivity contribution in [1.29, 1.82) is 0 Å². The Labute approximate surface area is 130 Å². The molecule has 112 valence electrons. The molecule has 0 N–H and O–H groups in total. The summed E-state index contributed by atoms with van der Waals surface area (Å²) in [7, 11) is 0. The van der Waals surface area contributed by atoms with Crippen molar-refractivity contribution < 1.29 is 9.53 Å². The van der Waals surface area contributed by atoms with Crippen LogP contribution in [0.4, 0.5) is 0 Å². The molecule has 1 heterocycles. The molecule has 0 atom stereocenters. The Bertz CT molecular complexity index is 490. The van der Waals surface area contributed by atoms with Gasteiger partial charge in [-0.05, 0) is 46.8 Å². The van der Waals surface area contributed by atoms with Gasteiger partial charge in [-0.3, -0.25) is 9.69 Å². The number of hydrogen-bond donors (Lipinski definition) is 0. The minimum atomic E-state index is -0.144. The second-order valence-corrected chi connectivity index (χ2v) is 6.61. The van der Waals surface area contributed by atoms with Gasteiger partial charge in [-0.25, -0.2) is 0 Å². The van der Waals surface area contributed by atoms with Crippen LogP contribution >= 0.6 is 22.9 Å². The van der Waals surface area contributed by atoms with Gasteiger partial charge in [0.1, 0.15) is 12.6 Å².